The first-order valence-electron chi connectivity index (χ1n) is 14.7. The zero-order valence-electron chi connectivity index (χ0n) is 25.4. The zero-order chi connectivity index (χ0) is 30.7. The number of aromatic nitrogens is 2. The van der Waals surface area contributed by atoms with Crippen LogP contribution >= 0.6 is 0 Å². The van der Waals surface area contributed by atoms with Crippen LogP contribution in [0, 0.1) is 12.3 Å². The molecular weight excluding hydrogens is 546 g/mol. The number of hydrogen-bond donors (Lipinski definition) is 1. The van der Waals surface area contributed by atoms with E-state index in [2.05, 4.69) is 10.3 Å². The van der Waals surface area contributed by atoms with Crippen LogP contribution in [0.4, 0.5) is 11.4 Å². The molecule has 10 heteroatoms. The van der Waals surface area contributed by atoms with Crippen molar-refractivity contribution in [3.05, 3.63) is 82.7 Å². The van der Waals surface area contributed by atoms with Crippen LogP contribution in [0.25, 0.3) is 11.0 Å². The largest absolute Gasteiger partial charge is 0.493 e. The predicted octanol–water partition coefficient (Wildman–Crippen LogP) is 4.84. The van der Waals surface area contributed by atoms with E-state index in [1.165, 1.54) is 0 Å². The number of furan rings is 1. The van der Waals surface area contributed by atoms with Gasteiger partial charge in [-0.25, -0.2) is 0 Å². The molecule has 1 unspecified atom stereocenters. The van der Waals surface area contributed by atoms with Crippen LogP contribution in [0.3, 0.4) is 0 Å². The molecule has 10 nitrogen and oxygen atoms in total. The minimum Gasteiger partial charge on any atom is -0.493 e. The lowest BCUT2D eigenvalue weighted by Crippen LogP contribution is -2.47. The van der Waals surface area contributed by atoms with E-state index < -0.39 is 5.41 Å². The van der Waals surface area contributed by atoms with Crippen LogP contribution in [0.2, 0.25) is 0 Å². The molecule has 0 saturated heterocycles. The van der Waals surface area contributed by atoms with Crippen molar-refractivity contribution in [2.24, 2.45) is 5.41 Å². The number of ether oxygens (including phenoxy) is 1. The van der Waals surface area contributed by atoms with Crippen molar-refractivity contribution in [1.29, 1.82) is 0 Å². The molecule has 4 aromatic rings. The average molecular weight is 586 g/mol. The minimum absolute atomic E-state index is 0.0183. The number of anilines is 2. The highest BCUT2D eigenvalue weighted by molar-refractivity contribution is 6.20. The first kappa shape index (κ1) is 30.0. The van der Waals surface area contributed by atoms with Gasteiger partial charge in [-0.1, -0.05) is 0 Å². The number of carbonyl (C=O) groups is 2. The molecule has 4 heterocycles. The summed E-state index contributed by atoms with van der Waals surface area (Å²) in [4.78, 5) is 46.6. The second-order valence-corrected chi connectivity index (χ2v) is 11.4. The third-order valence-corrected chi connectivity index (χ3v) is 8.06. The van der Waals surface area contributed by atoms with Crippen molar-refractivity contribution < 1.29 is 18.7 Å². The van der Waals surface area contributed by atoms with Crippen molar-refractivity contribution in [1.82, 2.24) is 14.9 Å². The highest BCUT2D eigenvalue weighted by Crippen LogP contribution is 2.40. The summed E-state index contributed by atoms with van der Waals surface area (Å²) < 4.78 is 13.4. The van der Waals surface area contributed by atoms with E-state index in [0.717, 1.165) is 17.7 Å². The summed E-state index contributed by atoms with van der Waals surface area (Å²) in [6.45, 7) is 9.25. The molecule has 0 aliphatic carbocycles. The van der Waals surface area contributed by atoms with Gasteiger partial charge in [0.15, 0.2) is 0 Å². The van der Waals surface area contributed by atoms with Crippen molar-refractivity contribution in [2.75, 3.05) is 36.5 Å². The molecule has 0 radical (unpaired) electrons. The van der Waals surface area contributed by atoms with Crippen LogP contribution in [0.5, 0.6) is 5.75 Å². The molecule has 1 aliphatic heterocycles. The number of pyridine rings is 2. The Hall–Kier alpha value is -4.44. The molecular formula is C33H39N5O5. The number of carbonyl (C=O) groups excluding carboxylic acids is 2. The zero-order valence-corrected chi connectivity index (χ0v) is 25.4. The molecule has 1 aliphatic rings. The average Bonchev–Trinajstić information content (AvgIpc) is 3.39. The second kappa shape index (κ2) is 12.4. The number of rotatable bonds is 11. The van der Waals surface area contributed by atoms with Gasteiger partial charge < -0.3 is 28.8 Å². The van der Waals surface area contributed by atoms with Gasteiger partial charge in [0.05, 0.1) is 23.4 Å². The van der Waals surface area contributed by atoms with Crippen molar-refractivity contribution in [3.8, 4) is 5.75 Å². The Morgan fingerprint density at radius 3 is 2.53 bits per heavy atom. The second-order valence-electron chi connectivity index (χ2n) is 11.4. The molecule has 3 aromatic heterocycles. The summed E-state index contributed by atoms with van der Waals surface area (Å²) in [7, 11) is 1.70. The quantitative estimate of drug-likeness (QED) is 0.198. The van der Waals surface area contributed by atoms with Crippen molar-refractivity contribution >= 4 is 34.2 Å². The number of nitrogens with zero attached hydrogens (tertiary/aromatic N) is 4. The Morgan fingerprint density at radius 1 is 1.02 bits per heavy atom. The number of benzene rings is 1. The first-order valence-corrected chi connectivity index (χ1v) is 14.7. The summed E-state index contributed by atoms with van der Waals surface area (Å²) in [6, 6.07) is 13.1. The molecule has 43 heavy (non-hydrogen) atoms. The van der Waals surface area contributed by atoms with E-state index in [-0.39, 0.29) is 23.4 Å². The molecule has 1 N–H and O–H groups in total. The van der Waals surface area contributed by atoms with Crippen molar-refractivity contribution in [3.63, 3.8) is 0 Å². The van der Waals surface area contributed by atoms with Gasteiger partial charge in [-0.2, -0.15) is 0 Å². The third kappa shape index (κ3) is 6.06. The number of amides is 2. The number of aryl methyl sites for hydroxylation is 2. The van der Waals surface area contributed by atoms with Crippen LogP contribution < -0.4 is 25.4 Å². The Kier molecular flexibility index (Phi) is 8.68. The first-order chi connectivity index (χ1) is 20.6. The molecule has 0 saturated carbocycles. The van der Waals surface area contributed by atoms with E-state index >= 15 is 0 Å². The van der Waals surface area contributed by atoms with Gasteiger partial charge in [-0.3, -0.25) is 19.4 Å². The van der Waals surface area contributed by atoms with Crippen LogP contribution in [0.15, 0.2) is 70.3 Å². The van der Waals surface area contributed by atoms with Crippen LogP contribution in [-0.4, -0.2) is 48.1 Å². The normalized spacial score (nSPS) is 15.5. The van der Waals surface area contributed by atoms with Gasteiger partial charge in [-0.05, 0) is 89.0 Å². The standard InChI is InChI=1S/C33H39N5O5/c1-6-38-27-9-8-24(21-28(27)36(5)31(40)33(3,4)32(38)41)42-19-7-14-35-26(23-10-15-34-16-11-23)12-17-37-18-13-29-25(30(37)39)20-22(2)43-29/h8-11,13,15-16,18,20-21,26,35H,6-7,12,14,17,19H2,1-5H3. The van der Waals surface area contributed by atoms with Gasteiger partial charge in [0.2, 0.25) is 11.8 Å². The van der Waals surface area contributed by atoms with Gasteiger partial charge in [0, 0.05) is 50.8 Å². The van der Waals surface area contributed by atoms with Gasteiger partial charge >= 0.3 is 0 Å². The highest BCUT2D eigenvalue weighted by Gasteiger charge is 2.45. The Labute approximate surface area is 251 Å². The molecule has 5 rings (SSSR count). The van der Waals surface area contributed by atoms with E-state index in [1.54, 1.807) is 59.9 Å². The monoisotopic (exact) mass is 585 g/mol. The van der Waals surface area contributed by atoms with E-state index in [9.17, 15) is 14.4 Å². The molecule has 0 fully saturated rings. The summed E-state index contributed by atoms with van der Waals surface area (Å²) in [6.07, 6.45) is 6.77. The fourth-order valence-electron chi connectivity index (χ4n) is 5.64. The number of nitrogens with one attached hydrogen (secondary N) is 1. The molecule has 226 valence electrons. The van der Waals surface area contributed by atoms with Gasteiger partial charge in [-0.15, -0.1) is 0 Å². The Balaban J connectivity index is 1.21. The lowest BCUT2D eigenvalue weighted by Gasteiger charge is -2.27. The summed E-state index contributed by atoms with van der Waals surface area (Å²) in [5.41, 5.74) is 1.85. The maximum absolute atomic E-state index is 13.1. The smallest absolute Gasteiger partial charge is 0.261 e. The maximum Gasteiger partial charge on any atom is 0.261 e. The molecule has 2 amide bonds. The predicted molar refractivity (Wildman–Crippen MR) is 167 cm³/mol. The third-order valence-electron chi connectivity index (χ3n) is 8.06. The molecule has 0 spiro atoms. The lowest BCUT2D eigenvalue weighted by atomic mass is 9.90. The van der Waals surface area contributed by atoms with E-state index in [0.29, 0.717) is 60.8 Å². The van der Waals surface area contributed by atoms with Crippen LogP contribution in [0.1, 0.15) is 51.0 Å². The Morgan fingerprint density at radius 2 is 1.79 bits per heavy atom. The SMILES string of the molecule is CCN1C(=O)C(C)(C)C(=O)N(C)c2cc(OCCCNC(CCn3ccc4oc(C)cc4c3=O)c3ccncc3)ccc21. The van der Waals surface area contributed by atoms with E-state index in [4.69, 9.17) is 9.15 Å². The molecule has 0 bridgehead atoms. The maximum atomic E-state index is 13.1. The van der Waals surface area contributed by atoms with E-state index in [1.807, 2.05) is 50.2 Å². The minimum atomic E-state index is -1.15. The summed E-state index contributed by atoms with van der Waals surface area (Å²) in [5, 5.41) is 4.21. The Bertz CT molecular complexity index is 1680. The topological polar surface area (TPSA) is 110 Å². The fraction of sp³-hybridized carbons (Fsp3) is 0.394. The lowest BCUT2D eigenvalue weighted by molar-refractivity contribution is -0.137. The number of fused-ring (bicyclic) bond motifs is 2. The molecule has 1 atom stereocenters. The van der Waals surface area contributed by atoms with Crippen molar-refractivity contribution in [2.45, 2.75) is 53.1 Å². The van der Waals surface area contributed by atoms with Gasteiger partial charge in [0.1, 0.15) is 22.5 Å². The highest BCUT2D eigenvalue weighted by atomic mass is 16.5. The number of hydrogen-bond acceptors (Lipinski definition) is 7. The fourth-order valence-corrected chi connectivity index (χ4v) is 5.64. The summed E-state index contributed by atoms with van der Waals surface area (Å²) in [5.74, 6) is 0.893. The van der Waals surface area contributed by atoms with Crippen LogP contribution in [-0.2, 0) is 16.1 Å². The summed E-state index contributed by atoms with van der Waals surface area (Å²) >= 11 is 0. The van der Waals surface area contributed by atoms with Gasteiger partial charge in [0.25, 0.3) is 5.56 Å². The molecule has 1 aromatic carbocycles.